The monoisotopic (exact) mass is 315 g/mol. The van der Waals surface area contributed by atoms with Crippen molar-refractivity contribution in [1.82, 2.24) is 5.32 Å². The van der Waals surface area contributed by atoms with Gasteiger partial charge in [0.2, 0.25) is 0 Å². The minimum atomic E-state index is -4.45. The lowest BCUT2D eigenvalue weighted by molar-refractivity contribution is -0.175. The number of hydrogen-bond acceptors (Lipinski definition) is 2. The van der Waals surface area contributed by atoms with Crippen molar-refractivity contribution in [2.24, 2.45) is 0 Å². The van der Waals surface area contributed by atoms with Crippen molar-refractivity contribution in [3.63, 3.8) is 0 Å². The topological polar surface area (TPSA) is 21.3 Å². The van der Waals surface area contributed by atoms with Gasteiger partial charge >= 0.3 is 12.4 Å². The molecule has 0 aromatic heterocycles. The van der Waals surface area contributed by atoms with Gasteiger partial charge in [-0.1, -0.05) is 18.2 Å². The number of alkyl halides is 6. The summed E-state index contributed by atoms with van der Waals surface area (Å²) in [6.07, 6.45) is -8.73. The van der Waals surface area contributed by atoms with Crippen LogP contribution in [0.15, 0.2) is 24.3 Å². The normalized spacial score (nSPS) is 14.2. The Hall–Kier alpha value is -1.28. The van der Waals surface area contributed by atoms with Crippen LogP contribution in [0.2, 0.25) is 0 Å². The zero-order valence-corrected chi connectivity index (χ0v) is 11.2. The zero-order valence-electron chi connectivity index (χ0n) is 11.2. The van der Waals surface area contributed by atoms with Gasteiger partial charge in [-0.2, -0.15) is 26.3 Å². The summed E-state index contributed by atoms with van der Waals surface area (Å²) in [5.74, 6) is 0. The van der Waals surface area contributed by atoms with E-state index in [1.54, 1.807) is 0 Å². The largest absolute Gasteiger partial charge is 0.416 e. The first-order valence-corrected chi connectivity index (χ1v) is 6.09. The highest BCUT2D eigenvalue weighted by Crippen LogP contribution is 2.29. The number of nitrogens with one attached hydrogen (secondary N) is 1. The van der Waals surface area contributed by atoms with Gasteiger partial charge in [-0.15, -0.1) is 0 Å². The van der Waals surface area contributed by atoms with Gasteiger partial charge in [-0.25, -0.2) is 0 Å². The van der Waals surface area contributed by atoms with E-state index in [2.05, 4.69) is 10.1 Å². The number of hydrogen-bond donors (Lipinski definition) is 1. The highest BCUT2D eigenvalue weighted by molar-refractivity contribution is 5.26. The number of rotatable bonds is 6. The number of benzene rings is 1. The van der Waals surface area contributed by atoms with Crippen molar-refractivity contribution < 1.29 is 31.1 Å². The number of ether oxygens (including phenoxy) is 1. The lowest BCUT2D eigenvalue weighted by atomic mass is 10.0. The van der Waals surface area contributed by atoms with Crippen LogP contribution >= 0.6 is 0 Å². The zero-order chi connectivity index (χ0) is 16.1. The maximum atomic E-state index is 12.6. The predicted molar refractivity (Wildman–Crippen MR) is 64.9 cm³/mol. The Kier molecular flexibility index (Phi) is 6.03. The van der Waals surface area contributed by atoms with Crippen molar-refractivity contribution in [3.05, 3.63) is 35.4 Å². The van der Waals surface area contributed by atoms with E-state index >= 15 is 0 Å². The molecule has 0 spiro atoms. The van der Waals surface area contributed by atoms with Crippen molar-refractivity contribution in [2.45, 2.75) is 24.8 Å². The second-order valence-corrected chi connectivity index (χ2v) is 4.52. The molecule has 1 rings (SSSR count). The molecular weight excluding hydrogens is 300 g/mol. The molecule has 0 amide bonds. The Labute approximate surface area is 118 Å². The Balaban J connectivity index is 2.61. The van der Waals surface area contributed by atoms with Crippen molar-refractivity contribution >= 4 is 0 Å². The molecule has 0 aliphatic rings. The molecule has 1 aromatic rings. The summed E-state index contributed by atoms with van der Waals surface area (Å²) < 4.78 is 78.0. The van der Waals surface area contributed by atoms with Crippen LogP contribution in [0, 0.1) is 0 Å². The second kappa shape index (κ2) is 7.13. The SMILES string of the molecule is CNC(COCC(F)(F)F)Cc1cccc(C(F)(F)F)c1. The van der Waals surface area contributed by atoms with Gasteiger partial charge in [0.1, 0.15) is 6.61 Å². The molecule has 1 atom stereocenters. The number of halogens is 6. The molecule has 1 aromatic carbocycles. The summed E-state index contributed by atoms with van der Waals surface area (Å²) in [6.45, 7) is -1.62. The molecule has 1 unspecified atom stereocenters. The highest BCUT2D eigenvalue weighted by Gasteiger charge is 2.30. The third kappa shape index (κ3) is 6.81. The Morgan fingerprint density at radius 2 is 1.81 bits per heavy atom. The predicted octanol–water partition coefficient (Wildman–Crippen LogP) is 3.41. The summed E-state index contributed by atoms with van der Waals surface area (Å²) in [6, 6.07) is 4.17. The van der Waals surface area contributed by atoms with Gasteiger partial charge in [-0.05, 0) is 25.1 Å². The van der Waals surface area contributed by atoms with Crippen LogP contribution in [-0.2, 0) is 17.3 Å². The van der Waals surface area contributed by atoms with Crippen LogP contribution in [0.5, 0.6) is 0 Å². The summed E-state index contributed by atoms with van der Waals surface area (Å²) >= 11 is 0. The fourth-order valence-electron chi connectivity index (χ4n) is 1.72. The molecular formula is C13H15F6NO. The van der Waals surface area contributed by atoms with Gasteiger partial charge in [-0.3, -0.25) is 0 Å². The Morgan fingerprint density at radius 3 is 2.33 bits per heavy atom. The second-order valence-electron chi connectivity index (χ2n) is 4.52. The summed E-state index contributed by atoms with van der Waals surface area (Å²) in [5, 5.41) is 2.72. The van der Waals surface area contributed by atoms with E-state index in [0.717, 1.165) is 12.1 Å². The first-order valence-electron chi connectivity index (χ1n) is 6.09. The molecule has 0 heterocycles. The molecule has 2 nitrogen and oxygen atoms in total. The van der Waals surface area contributed by atoms with Crippen LogP contribution in [0.1, 0.15) is 11.1 Å². The molecule has 0 radical (unpaired) electrons. The highest BCUT2D eigenvalue weighted by atomic mass is 19.4. The molecule has 0 fully saturated rings. The fraction of sp³-hybridized carbons (Fsp3) is 0.538. The van der Waals surface area contributed by atoms with Crippen LogP contribution in [0.4, 0.5) is 26.3 Å². The molecule has 0 aliphatic carbocycles. The smallest absolute Gasteiger partial charge is 0.370 e. The first kappa shape index (κ1) is 17.8. The fourth-order valence-corrected chi connectivity index (χ4v) is 1.72. The third-order valence-electron chi connectivity index (χ3n) is 2.73. The molecule has 0 aliphatic heterocycles. The van der Waals surface area contributed by atoms with Crippen molar-refractivity contribution in [3.8, 4) is 0 Å². The minimum Gasteiger partial charge on any atom is -0.370 e. The average molecular weight is 315 g/mol. The first-order chi connectivity index (χ1) is 9.62. The molecule has 0 saturated carbocycles. The standard InChI is InChI=1S/C13H15F6NO/c1-20-11(7-21-8-12(14,15)16)6-9-3-2-4-10(5-9)13(17,18)19/h2-5,11,20H,6-8H2,1H3. The van der Waals surface area contributed by atoms with Crippen LogP contribution in [0.25, 0.3) is 0 Å². The van der Waals surface area contributed by atoms with E-state index in [4.69, 9.17) is 0 Å². The van der Waals surface area contributed by atoms with Crippen LogP contribution < -0.4 is 5.32 Å². The average Bonchev–Trinajstić information content (AvgIpc) is 2.35. The van der Waals surface area contributed by atoms with E-state index in [1.807, 2.05) is 0 Å². The van der Waals surface area contributed by atoms with E-state index < -0.39 is 30.6 Å². The molecule has 21 heavy (non-hydrogen) atoms. The summed E-state index contributed by atoms with van der Waals surface area (Å²) in [7, 11) is 1.51. The van der Waals surface area contributed by atoms with Crippen molar-refractivity contribution in [2.75, 3.05) is 20.3 Å². The third-order valence-corrected chi connectivity index (χ3v) is 2.73. The Morgan fingerprint density at radius 1 is 1.14 bits per heavy atom. The minimum absolute atomic E-state index is 0.137. The molecule has 0 bridgehead atoms. The number of likely N-dealkylation sites (N-methyl/N-ethyl adjacent to an activating group) is 1. The summed E-state index contributed by atoms with van der Waals surface area (Å²) in [4.78, 5) is 0. The van der Waals surface area contributed by atoms with Gasteiger partial charge in [0.05, 0.1) is 12.2 Å². The molecule has 8 heteroatoms. The summed E-state index contributed by atoms with van der Waals surface area (Å²) in [5.41, 5.74) is -0.411. The molecule has 1 N–H and O–H groups in total. The lowest BCUT2D eigenvalue weighted by Gasteiger charge is -2.18. The van der Waals surface area contributed by atoms with E-state index in [9.17, 15) is 26.3 Å². The van der Waals surface area contributed by atoms with Gasteiger partial charge in [0.25, 0.3) is 0 Å². The Bertz CT molecular complexity index is 443. The van der Waals surface area contributed by atoms with Gasteiger partial charge in [0, 0.05) is 6.04 Å². The van der Waals surface area contributed by atoms with E-state index in [1.165, 1.54) is 19.2 Å². The lowest BCUT2D eigenvalue weighted by Crippen LogP contribution is -2.34. The van der Waals surface area contributed by atoms with Crippen LogP contribution in [0.3, 0.4) is 0 Å². The van der Waals surface area contributed by atoms with Gasteiger partial charge in [0.15, 0.2) is 0 Å². The maximum absolute atomic E-state index is 12.6. The van der Waals surface area contributed by atoms with Crippen LogP contribution in [-0.4, -0.2) is 32.5 Å². The van der Waals surface area contributed by atoms with E-state index in [-0.39, 0.29) is 13.0 Å². The maximum Gasteiger partial charge on any atom is 0.416 e. The quantitative estimate of drug-likeness (QED) is 0.812. The van der Waals surface area contributed by atoms with E-state index in [0.29, 0.717) is 5.56 Å². The molecule has 0 saturated heterocycles. The molecule has 120 valence electrons. The van der Waals surface area contributed by atoms with Gasteiger partial charge < -0.3 is 10.1 Å². The van der Waals surface area contributed by atoms with Crippen molar-refractivity contribution in [1.29, 1.82) is 0 Å².